The monoisotopic (exact) mass is 420 g/mol. The van der Waals surface area contributed by atoms with Gasteiger partial charge in [0.25, 0.3) is 11.5 Å². The van der Waals surface area contributed by atoms with Gasteiger partial charge in [-0.05, 0) is 25.1 Å². The number of aromatic nitrogens is 2. The number of amides is 1. The Morgan fingerprint density at radius 3 is 2.89 bits per heavy atom. The van der Waals surface area contributed by atoms with E-state index in [2.05, 4.69) is 10.3 Å². The van der Waals surface area contributed by atoms with Crippen molar-refractivity contribution in [1.82, 2.24) is 14.3 Å². The van der Waals surface area contributed by atoms with Gasteiger partial charge in [-0.25, -0.2) is 4.98 Å². The summed E-state index contributed by atoms with van der Waals surface area (Å²) in [6.45, 7) is 3.24. The van der Waals surface area contributed by atoms with Gasteiger partial charge >= 0.3 is 0 Å². The topological polar surface area (TPSA) is 96.2 Å². The average molecular weight is 421 g/mol. The van der Waals surface area contributed by atoms with Crippen LogP contribution in [0.15, 0.2) is 34.1 Å². The second-order valence-electron chi connectivity index (χ2n) is 5.80. The molecule has 1 fully saturated rings. The first-order chi connectivity index (χ1) is 13.6. The third-order valence-electron chi connectivity index (χ3n) is 4.01. The fraction of sp³-hybridized carbons (Fsp3) is 0.333. The number of pyridine rings is 1. The van der Waals surface area contributed by atoms with Gasteiger partial charge in [-0.2, -0.15) is 0 Å². The lowest BCUT2D eigenvalue weighted by Gasteiger charge is -2.11. The maximum atomic E-state index is 13.0. The Morgan fingerprint density at radius 1 is 1.36 bits per heavy atom. The molecule has 0 aliphatic carbocycles. The van der Waals surface area contributed by atoms with E-state index in [0.29, 0.717) is 40.4 Å². The summed E-state index contributed by atoms with van der Waals surface area (Å²) in [6.07, 6.45) is 3.17. The Hall–Kier alpha value is -2.27. The predicted octanol–water partition coefficient (Wildman–Crippen LogP) is 1.34. The van der Waals surface area contributed by atoms with Crippen molar-refractivity contribution in [1.29, 1.82) is 0 Å². The number of nitrogens with one attached hydrogen (secondary N) is 1. The van der Waals surface area contributed by atoms with Crippen molar-refractivity contribution in [3.05, 3.63) is 45.2 Å². The van der Waals surface area contributed by atoms with Crippen molar-refractivity contribution in [3.63, 3.8) is 0 Å². The molecule has 1 aliphatic heterocycles. The number of rotatable bonds is 8. The second-order valence-corrected chi connectivity index (χ2v) is 7.47. The minimum atomic E-state index is -0.286. The second kappa shape index (κ2) is 9.28. The van der Waals surface area contributed by atoms with Gasteiger partial charge < -0.3 is 15.2 Å². The standard InChI is InChI=1S/C18H20N4O4S2/c1-2-21-17(25)13(28-18(21)27)11-12-15(19-6-9-26-10-8-23)20-14-5-3-4-7-22(14)16(12)24/h3-5,7,11,19,23H,2,6,8-10H2,1H3/b13-11-. The van der Waals surface area contributed by atoms with Crippen LogP contribution in [0.2, 0.25) is 0 Å². The Balaban J connectivity index is 1.99. The summed E-state index contributed by atoms with van der Waals surface area (Å²) in [5, 5.41) is 11.9. The lowest BCUT2D eigenvalue weighted by molar-refractivity contribution is -0.121. The largest absolute Gasteiger partial charge is 0.394 e. The van der Waals surface area contributed by atoms with Gasteiger partial charge in [0.1, 0.15) is 15.8 Å². The summed E-state index contributed by atoms with van der Waals surface area (Å²) >= 11 is 6.41. The number of ether oxygens (including phenoxy) is 1. The molecule has 0 atom stereocenters. The fourth-order valence-corrected chi connectivity index (χ4v) is 4.05. The molecule has 0 radical (unpaired) electrons. The van der Waals surface area contributed by atoms with E-state index in [-0.39, 0.29) is 30.2 Å². The minimum absolute atomic E-state index is 0.0555. The molecule has 2 aromatic heterocycles. The SMILES string of the molecule is CCN1C(=O)/C(=C/c2c(NCCOCCO)nc3ccccn3c2=O)SC1=S. The summed E-state index contributed by atoms with van der Waals surface area (Å²) in [5.41, 5.74) is 0.484. The Bertz CT molecular complexity index is 989. The zero-order chi connectivity index (χ0) is 20.1. The normalized spacial score (nSPS) is 15.8. The zero-order valence-corrected chi connectivity index (χ0v) is 16.9. The molecule has 1 saturated heterocycles. The summed E-state index contributed by atoms with van der Waals surface area (Å²) < 4.78 is 7.14. The number of carbonyl (C=O) groups excluding carboxylic acids is 1. The number of thioether (sulfide) groups is 1. The van der Waals surface area contributed by atoms with Crippen LogP contribution in [0.5, 0.6) is 0 Å². The van der Waals surface area contributed by atoms with Crippen molar-refractivity contribution in [2.24, 2.45) is 0 Å². The molecule has 3 heterocycles. The Kier molecular flexibility index (Phi) is 6.79. The van der Waals surface area contributed by atoms with E-state index in [1.807, 2.05) is 6.92 Å². The van der Waals surface area contributed by atoms with Crippen molar-refractivity contribution < 1.29 is 14.6 Å². The van der Waals surface area contributed by atoms with E-state index in [1.165, 1.54) is 21.1 Å². The maximum Gasteiger partial charge on any atom is 0.267 e. The Labute approximate surface area is 171 Å². The van der Waals surface area contributed by atoms with Crippen LogP contribution in [0.25, 0.3) is 11.7 Å². The first kappa shape index (κ1) is 20.5. The highest BCUT2D eigenvalue weighted by molar-refractivity contribution is 8.26. The number of aliphatic hydroxyl groups is 1. The third-order valence-corrected chi connectivity index (χ3v) is 5.39. The van der Waals surface area contributed by atoms with Gasteiger partial charge in [-0.1, -0.05) is 30.0 Å². The number of hydrogen-bond acceptors (Lipinski definition) is 8. The average Bonchev–Trinajstić information content (AvgIpc) is 2.97. The third kappa shape index (κ3) is 4.25. The molecule has 1 amide bonds. The van der Waals surface area contributed by atoms with Crippen LogP contribution in [0.4, 0.5) is 5.82 Å². The molecular weight excluding hydrogens is 400 g/mol. The first-order valence-electron chi connectivity index (χ1n) is 8.76. The van der Waals surface area contributed by atoms with Crippen LogP contribution in [-0.2, 0) is 9.53 Å². The number of aliphatic hydroxyl groups excluding tert-OH is 1. The van der Waals surface area contributed by atoms with Gasteiger partial charge in [-0.15, -0.1) is 0 Å². The lowest BCUT2D eigenvalue weighted by Crippen LogP contribution is -2.27. The van der Waals surface area contributed by atoms with Crippen molar-refractivity contribution in [2.75, 3.05) is 38.2 Å². The molecule has 10 heteroatoms. The molecule has 2 N–H and O–H groups in total. The van der Waals surface area contributed by atoms with Gasteiger partial charge in [0.15, 0.2) is 0 Å². The van der Waals surface area contributed by atoms with E-state index in [9.17, 15) is 9.59 Å². The summed E-state index contributed by atoms with van der Waals surface area (Å²) in [7, 11) is 0. The lowest BCUT2D eigenvalue weighted by atomic mass is 10.2. The fourth-order valence-electron chi connectivity index (χ4n) is 2.68. The van der Waals surface area contributed by atoms with Gasteiger partial charge in [0.2, 0.25) is 0 Å². The van der Waals surface area contributed by atoms with Crippen LogP contribution in [0.1, 0.15) is 12.5 Å². The molecule has 148 valence electrons. The highest BCUT2D eigenvalue weighted by Crippen LogP contribution is 2.32. The molecular formula is C18H20N4O4S2. The molecule has 0 unspecified atom stereocenters. The smallest absolute Gasteiger partial charge is 0.267 e. The summed E-state index contributed by atoms with van der Waals surface area (Å²) in [6, 6.07) is 5.27. The van der Waals surface area contributed by atoms with E-state index >= 15 is 0 Å². The minimum Gasteiger partial charge on any atom is -0.394 e. The van der Waals surface area contributed by atoms with Crippen LogP contribution in [0.3, 0.4) is 0 Å². The highest BCUT2D eigenvalue weighted by Gasteiger charge is 2.31. The van der Waals surface area contributed by atoms with Crippen LogP contribution in [-0.4, -0.2) is 62.5 Å². The summed E-state index contributed by atoms with van der Waals surface area (Å²) in [4.78, 5) is 31.9. The Morgan fingerprint density at radius 2 is 2.18 bits per heavy atom. The number of anilines is 1. The quantitative estimate of drug-likeness (QED) is 0.375. The molecule has 28 heavy (non-hydrogen) atoms. The van der Waals surface area contributed by atoms with E-state index in [0.717, 1.165) is 0 Å². The molecule has 8 nitrogen and oxygen atoms in total. The van der Waals surface area contributed by atoms with E-state index in [1.54, 1.807) is 30.5 Å². The van der Waals surface area contributed by atoms with E-state index < -0.39 is 0 Å². The predicted molar refractivity (Wildman–Crippen MR) is 113 cm³/mol. The molecule has 0 spiro atoms. The maximum absolute atomic E-state index is 13.0. The number of nitrogens with zero attached hydrogens (tertiary/aromatic N) is 3. The molecule has 2 aromatic rings. The number of fused-ring (bicyclic) bond motifs is 1. The van der Waals surface area contributed by atoms with Gasteiger partial charge in [0.05, 0.1) is 30.3 Å². The molecule has 3 rings (SSSR count). The number of carbonyl (C=O) groups is 1. The summed E-state index contributed by atoms with van der Waals surface area (Å²) in [5.74, 6) is 0.151. The molecule has 0 aromatic carbocycles. The molecule has 0 bridgehead atoms. The van der Waals surface area contributed by atoms with Crippen molar-refractivity contribution >= 4 is 51.7 Å². The van der Waals surface area contributed by atoms with Crippen LogP contribution in [0, 0.1) is 0 Å². The van der Waals surface area contributed by atoms with Gasteiger partial charge in [0, 0.05) is 19.3 Å². The number of hydrogen-bond donors (Lipinski definition) is 2. The van der Waals surface area contributed by atoms with Crippen molar-refractivity contribution in [3.8, 4) is 0 Å². The molecule has 0 saturated carbocycles. The van der Waals surface area contributed by atoms with Crippen molar-refractivity contribution in [2.45, 2.75) is 6.92 Å². The zero-order valence-electron chi connectivity index (χ0n) is 15.3. The number of likely N-dealkylation sites (N-methyl/N-ethyl adjacent to an activating group) is 1. The first-order valence-corrected chi connectivity index (χ1v) is 9.98. The number of thiocarbonyl (C=S) groups is 1. The van der Waals surface area contributed by atoms with Crippen LogP contribution < -0.4 is 10.9 Å². The molecule has 1 aliphatic rings. The van der Waals surface area contributed by atoms with E-state index in [4.69, 9.17) is 22.1 Å². The highest BCUT2D eigenvalue weighted by atomic mass is 32.2. The van der Waals surface area contributed by atoms with Gasteiger partial charge in [-0.3, -0.25) is 18.9 Å². The van der Waals surface area contributed by atoms with Crippen LogP contribution >= 0.6 is 24.0 Å².